The minimum Gasteiger partial charge on any atom is -0.397 e. The van der Waals surface area contributed by atoms with Crippen LogP contribution in [0.25, 0.3) is 0 Å². The van der Waals surface area contributed by atoms with Gasteiger partial charge in [-0.15, -0.1) is 0 Å². The molecule has 0 saturated heterocycles. The van der Waals surface area contributed by atoms with Crippen LogP contribution in [0.2, 0.25) is 0 Å². The summed E-state index contributed by atoms with van der Waals surface area (Å²) in [5.74, 6) is 0. The van der Waals surface area contributed by atoms with Crippen LogP contribution in [-0.4, -0.2) is 0 Å². The second-order valence-electron chi connectivity index (χ2n) is 1.64. The summed E-state index contributed by atoms with van der Waals surface area (Å²) in [6.45, 7) is 0. The molecule has 1 aromatic rings. The first kappa shape index (κ1) is 7.09. The van der Waals surface area contributed by atoms with E-state index in [1.165, 1.54) is 0 Å². The van der Waals surface area contributed by atoms with E-state index in [0.29, 0.717) is 0 Å². The molecule has 2 N–H and O–H groups in total. The zero-order valence-electron chi connectivity index (χ0n) is 4.57. The van der Waals surface area contributed by atoms with Crippen molar-refractivity contribution in [2.75, 3.05) is 5.73 Å². The average Bonchev–Trinajstić information content (AvgIpc) is 1.83. The fourth-order valence-electron chi connectivity index (χ4n) is 0.511. The Labute approximate surface area is 70.5 Å². The highest BCUT2D eigenvalue weighted by atomic mass is 79.9. The Morgan fingerprint density at radius 2 is 1.56 bits per heavy atom. The third-order valence-electron chi connectivity index (χ3n) is 1.000. The van der Waals surface area contributed by atoms with Crippen LogP contribution in [0.4, 0.5) is 5.69 Å². The van der Waals surface area contributed by atoms with Crippen LogP contribution in [0.1, 0.15) is 0 Å². The first-order valence-corrected chi connectivity index (χ1v) is 4.00. The molecule has 0 atom stereocenters. The predicted octanol–water partition coefficient (Wildman–Crippen LogP) is 2.79. The third kappa shape index (κ3) is 1.46. The van der Waals surface area contributed by atoms with Crippen LogP contribution < -0.4 is 5.73 Å². The van der Waals surface area contributed by atoms with E-state index in [2.05, 4.69) is 31.9 Å². The number of benzene rings is 1. The van der Waals surface area contributed by atoms with Gasteiger partial charge in [-0.05, 0) is 44.0 Å². The Morgan fingerprint density at radius 3 is 1.89 bits per heavy atom. The Balaban J connectivity index is 3.25. The predicted molar refractivity (Wildman–Crippen MR) is 46.3 cm³/mol. The molecule has 48 valence electrons. The number of hydrogen-bond donors (Lipinski definition) is 1. The molecule has 0 aliphatic rings. The van der Waals surface area contributed by atoms with Gasteiger partial charge in [-0.2, -0.15) is 0 Å². The molecule has 0 spiro atoms. The standard InChI is InChI=1S/C6H5Br2N/c7-4-2-1-3-5(8)6(4)9/h1-3H,9H2/i1+1,2+1,3+1,4+1,5+1,6+1. The van der Waals surface area contributed by atoms with E-state index in [0.717, 1.165) is 14.6 Å². The quantitative estimate of drug-likeness (QED) is 0.710. The topological polar surface area (TPSA) is 26.0 Å². The number of hydrogen-bond acceptors (Lipinski definition) is 1. The molecule has 1 rings (SSSR count). The summed E-state index contributed by atoms with van der Waals surface area (Å²) in [4.78, 5) is 0. The Bertz CT molecular complexity index is 202. The van der Waals surface area contributed by atoms with Crippen LogP contribution in [0.5, 0.6) is 0 Å². The summed E-state index contributed by atoms with van der Waals surface area (Å²) >= 11 is 6.58. The summed E-state index contributed by atoms with van der Waals surface area (Å²) in [5.41, 5.74) is 6.34. The van der Waals surface area contributed by atoms with Gasteiger partial charge in [-0.3, -0.25) is 0 Å². The zero-order chi connectivity index (χ0) is 6.85. The Hall–Kier alpha value is -0.0200. The molecule has 3 heteroatoms. The summed E-state index contributed by atoms with van der Waals surface area (Å²) in [7, 11) is 0. The molecule has 1 aromatic carbocycles. The first-order valence-electron chi connectivity index (χ1n) is 2.41. The van der Waals surface area contributed by atoms with Crippen molar-refractivity contribution in [1.29, 1.82) is 0 Å². The van der Waals surface area contributed by atoms with Crippen molar-refractivity contribution < 1.29 is 0 Å². The number of rotatable bonds is 0. The lowest BCUT2D eigenvalue weighted by Crippen LogP contribution is -1.86. The van der Waals surface area contributed by atoms with Gasteiger partial charge in [0, 0.05) is 8.95 Å². The van der Waals surface area contributed by atoms with E-state index in [4.69, 9.17) is 5.73 Å². The van der Waals surface area contributed by atoms with E-state index >= 15 is 0 Å². The summed E-state index contributed by atoms with van der Waals surface area (Å²) in [6, 6.07) is 5.73. The maximum Gasteiger partial charge on any atom is 0.0602 e. The number of anilines is 1. The molecule has 0 heterocycles. The molecule has 9 heavy (non-hydrogen) atoms. The molecule has 0 saturated carbocycles. The maximum atomic E-state index is 5.59. The normalized spacial score (nSPS) is 9.56. The van der Waals surface area contributed by atoms with Crippen molar-refractivity contribution in [3.8, 4) is 0 Å². The van der Waals surface area contributed by atoms with Gasteiger partial charge in [0.05, 0.1) is 5.69 Å². The fourth-order valence-corrected chi connectivity index (χ4v) is 1.51. The Kier molecular flexibility index (Phi) is 2.13. The van der Waals surface area contributed by atoms with E-state index < -0.39 is 0 Å². The van der Waals surface area contributed by atoms with Crippen molar-refractivity contribution in [2.24, 2.45) is 0 Å². The highest BCUT2D eigenvalue weighted by Crippen LogP contribution is 2.26. The molecule has 0 aliphatic carbocycles. The molecule has 0 aliphatic heterocycles. The zero-order valence-corrected chi connectivity index (χ0v) is 7.74. The van der Waals surface area contributed by atoms with E-state index in [1.54, 1.807) is 0 Å². The van der Waals surface area contributed by atoms with Crippen LogP contribution >= 0.6 is 31.9 Å². The van der Waals surface area contributed by atoms with Crippen molar-refractivity contribution in [2.45, 2.75) is 0 Å². The highest BCUT2D eigenvalue weighted by molar-refractivity contribution is 9.11. The van der Waals surface area contributed by atoms with Crippen LogP contribution in [0.15, 0.2) is 27.1 Å². The lowest BCUT2D eigenvalue weighted by Gasteiger charge is -1.97. The van der Waals surface area contributed by atoms with Crippen molar-refractivity contribution >= 4 is 37.5 Å². The molecule has 0 aromatic heterocycles. The summed E-state index contributed by atoms with van der Waals surface area (Å²) in [6.07, 6.45) is 0. The van der Waals surface area contributed by atoms with Gasteiger partial charge in [0.15, 0.2) is 0 Å². The maximum absolute atomic E-state index is 5.59. The molecule has 0 amide bonds. The van der Waals surface area contributed by atoms with E-state index in [-0.39, 0.29) is 0 Å². The van der Waals surface area contributed by atoms with Gasteiger partial charge in [-0.1, -0.05) is 6.07 Å². The van der Waals surface area contributed by atoms with Crippen molar-refractivity contribution in [1.82, 2.24) is 0 Å². The molecular weight excluding hydrogens is 252 g/mol. The van der Waals surface area contributed by atoms with Crippen LogP contribution in [0.3, 0.4) is 0 Å². The smallest absolute Gasteiger partial charge is 0.0602 e. The molecule has 1 nitrogen and oxygen atoms in total. The number of nitrogen functional groups attached to an aromatic ring is 1. The second kappa shape index (κ2) is 2.71. The van der Waals surface area contributed by atoms with Crippen molar-refractivity contribution in [3.05, 3.63) is 27.1 Å². The number of nitrogens with two attached hydrogens (primary N) is 1. The first-order chi connectivity index (χ1) is 4.22. The molecule has 0 bridgehead atoms. The molecule has 0 fully saturated rings. The minimum absolute atomic E-state index is 0.748. The lowest BCUT2D eigenvalue weighted by atomic mass is 11.3. The van der Waals surface area contributed by atoms with Gasteiger partial charge in [-0.25, -0.2) is 0 Å². The molecule has 0 radical (unpaired) electrons. The largest absolute Gasteiger partial charge is 0.397 e. The van der Waals surface area contributed by atoms with E-state index in [9.17, 15) is 0 Å². The SMILES string of the molecule is N[13c]1[13c](Br)[13cH][13cH][13cH][13c]1Br. The lowest BCUT2D eigenvalue weighted by molar-refractivity contribution is 1.59. The van der Waals surface area contributed by atoms with Gasteiger partial charge in [0.1, 0.15) is 0 Å². The molecular formula is C6H5Br2N. The number of halogens is 2. The van der Waals surface area contributed by atoms with Gasteiger partial charge >= 0.3 is 0 Å². The summed E-state index contributed by atoms with van der Waals surface area (Å²) < 4.78 is 1.86. The minimum atomic E-state index is 0.748. The van der Waals surface area contributed by atoms with Crippen LogP contribution in [0, 0.1) is 0 Å². The Morgan fingerprint density at radius 1 is 1.11 bits per heavy atom. The van der Waals surface area contributed by atoms with Crippen LogP contribution in [-0.2, 0) is 0 Å². The van der Waals surface area contributed by atoms with Crippen molar-refractivity contribution in [3.63, 3.8) is 0 Å². The van der Waals surface area contributed by atoms with E-state index in [1.807, 2.05) is 18.2 Å². The second-order valence-corrected chi connectivity index (χ2v) is 3.34. The summed E-state index contributed by atoms with van der Waals surface area (Å²) in [5, 5.41) is 0. The highest BCUT2D eigenvalue weighted by Gasteiger charge is 1.96. The average molecular weight is 257 g/mol. The number of para-hydroxylation sites is 1. The van der Waals surface area contributed by atoms with Gasteiger partial charge in [0.25, 0.3) is 0 Å². The van der Waals surface area contributed by atoms with Gasteiger partial charge in [0.2, 0.25) is 0 Å². The third-order valence-corrected chi connectivity index (χ3v) is 2.38. The van der Waals surface area contributed by atoms with Gasteiger partial charge < -0.3 is 5.73 Å². The monoisotopic (exact) mass is 255 g/mol. The molecule has 0 unspecified atom stereocenters. The fraction of sp³-hybridized carbons (Fsp3) is 0.